The van der Waals surface area contributed by atoms with Gasteiger partial charge < -0.3 is 4.90 Å². The molecule has 0 heterocycles. The van der Waals surface area contributed by atoms with Crippen LogP contribution >= 0.6 is 11.6 Å². The highest BCUT2D eigenvalue weighted by molar-refractivity contribution is 7.92. The van der Waals surface area contributed by atoms with Crippen LogP contribution in [-0.2, 0) is 10.0 Å². The molecule has 142 valence electrons. The quantitative estimate of drug-likeness (QED) is 0.788. The first-order valence-corrected chi connectivity index (χ1v) is 9.74. The highest BCUT2D eigenvalue weighted by atomic mass is 35.5. The van der Waals surface area contributed by atoms with E-state index in [1.54, 1.807) is 14.0 Å². The van der Waals surface area contributed by atoms with E-state index in [1.165, 1.54) is 29.2 Å². The fourth-order valence-electron chi connectivity index (χ4n) is 2.21. The number of halogens is 2. The zero-order chi connectivity index (χ0) is 20.2. The van der Waals surface area contributed by atoms with Gasteiger partial charge in [0.25, 0.3) is 15.9 Å². The first kappa shape index (κ1) is 20.7. The van der Waals surface area contributed by atoms with Crippen LogP contribution in [0.25, 0.3) is 0 Å². The number of hydrogen-bond acceptors (Lipinski definition) is 4. The van der Waals surface area contributed by atoms with Gasteiger partial charge in [0, 0.05) is 24.3 Å². The Morgan fingerprint density at radius 2 is 1.93 bits per heavy atom. The predicted octanol–water partition coefficient (Wildman–Crippen LogP) is 3.65. The molecule has 9 heteroatoms. The number of nitrogens with zero attached hydrogens (tertiary/aromatic N) is 2. The van der Waals surface area contributed by atoms with E-state index in [-0.39, 0.29) is 34.0 Å². The van der Waals surface area contributed by atoms with Crippen molar-refractivity contribution in [3.05, 3.63) is 58.9 Å². The Hall–Kier alpha value is -2.63. The molecule has 0 fully saturated rings. The fourth-order valence-corrected chi connectivity index (χ4v) is 3.54. The Kier molecular flexibility index (Phi) is 6.41. The lowest BCUT2D eigenvalue weighted by Gasteiger charge is -2.23. The molecule has 0 aliphatic carbocycles. The van der Waals surface area contributed by atoms with Crippen LogP contribution in [0.3, 0.4) is 0 Å². The number of anilines is 1. The van der Waals surface area contributed by atoms with E-state index < -0.39 is 15.8 Å². The van der Waals surface area contributed by atoms with Crippen molar-refractivity contribution in [2.75, 3.05) is 11.8 Å². The molecule has 6 nitrogen and oxygen atoms in total. The molecule has 27 heavy (non-hydrogen) atoms. The molecule has 0 spiro atoms. The summed E-state index contributed by atoms with van der Waals surface area (Å²) in [5.74, 6) is -0.995. The molecule has 0 radical (unpaired) electrons. The number of carbonyl (C=O) groups is 1. The summed E-state index contributed by atoms with van der Waals surface area (Å²) in [6.07, 6.45) is 0.209. The molecule has 2 aromatic carbocycles. The maximum Gasteiger partial charge on any atom is 0.261 e. The molecule has 1 unspecified atom stereocenters. The first-order chi connectivity index (χ1) is 12.7. The second-order valence-electron chi connectivity index (χ2n) is 5.89. The molecule has 1 N–H and O–H groups in total. The topological polar surface area (TPSA) is 90.3 Å². The summed E-state index contributed by atoms with van der Waals surface area (Å²) in [5, 5.41) is 8.43. The van der Waals surface area contributed by atoms with Crippen LogP contribution in [0.15, 0.2) is 47.4 Å². The largest absolute Gasteiger partial charge is 0.338 e. The van der Waals surface area contributed by atoms with Crippen LogP contribution < -0.4 is 4.72 Å². The second-order valence-corrected chi connectivity index (χ2v) is 7.98. The summed E-state index contributed by atoms with van der Waals surface area (Å²) in [6, 6.07) is 10.7. The monoisotopic (exact) mass is 409 g/mol. The number of sulfonamides is 1. The van der Waals surface area contributed by atoms with Crippen molar-refractivity contribution in [1.82, 2.24) is 4.90 Å². The SMILES string of the molecule is CC(CC#N)N(C)C(=O)c1ccc(NS(=O)(=O)c2ccc(F)c(Cl)c2)cc1. The van der Waals surface area contributed by atoms with Gasteiger partial charge in [-0.2, -0.15) is 5.26 Å². The third-order valence-electron chi connectivity index (χ3n) is 3.95. The van der Waals surface area contributed by atoms with Crippen LogP contribution in [0, 0.1) is 17.1 Å². The molecule has 0 bridgehead atoms. The Bertz CT molecular complexity index is 988. The average Bonchev–Trinajstić information content (AvgIpc) is 2.63. The van der Waals surface area contributed by atoms with Gasteiger partial charge in [-0.05, 0) is 49.4 Å². The van der Waals surface area contributed by atoms with Crippen LogP contribution in [-0.4, -0.2) is 32.3 Å². The average molecular weight is 410 g/mol. The zero-order valence-electron chi connectivity index (χ0n) is 14.6. The summed E-state index contributed by atoms with van der Waals surface area (Å²) in [6.45, 7) is 1.76. The summed E-state index contributed by atoms with van der Waals surface area (Å²) in [4.78, 5) is 13.6. The first-order valence-electron chi connectivity index (χ1n) is 7.87. The number of rotatable bonds is 6. The van der Waals surface area contributed by atoms with Gasteiger partial charge in [0.2, 0.25) is 0 Å². The standard InChI is InChI=1S/C18H17ClFN3O3S/c1-12(9-10-21)23(2)18(24)13-3-5-14(6-4-13)22-27(25,26)15-7-8-17(20)16(19)11-15/h3-8,11-12,22H,9H2,1-2H3. The Morgan fingerprint density at radius 1 is 1.30 bits per heavy atom. The van der Waals surface area contributed by atoms with Gasteiger partial charge in [-0.1, -0.05) is 11.6 Å². The number of nitriles is 1. The number of amides is 1. The van der Waals surface area contributed by atoms with Crippen molar-refractivity contribution in [3.8, 4) is 6.07 Å². The van der Waals surface area contributed by atoms with Crippen molar-refractivity contribution in [2.45, 2.75) is 24.3 Å². The van der Waals surface area contributed by atoms with E-state index in [4.69, 9.17) is 16.9 Å². The van der Waals surface area contributed by atoms with Crippen LogP contribution in [0.2, 0.25) is 5.02 Å². The Morgan fingerprint density at radius 3 is 2.48 bits per heavy atom. The van der Waals surface area contributed by atoms with E-state index >= 15 is 0 Å². The van der Waals surface area contributed by atoms with Crippen LogP contribution in [0.5, 0.6) is 0 Å². The molecule has 1 atom stereocenters. The molecule has 0 aliphatic rings. The van der Waals surface area contributed by atoms with Crippen molar-refractivity contribution < 1.29 is 17.6 Å². The van der Waals surface area contributed by atoms with Gasteiger partial charge in [0.1, 0.15) is 5.82 Å². The Balaban J connectivity index is 2.16. The van der Waals surface area contributed by atoms with Crippen LogP contribution in [0.1, 0.15) is 23.7 Å². The maximum absolute atomic E-state index is 13.2. The Labute approximate surface area is 162 Å². The second kappa shape index (κ2) is 8.37. The number of carbonyl (C=O) groups excluding carboxylic acids is 1. The normalized spacial score (nSPS) is 12.1. The van der Waals surface area contributed by atoms with E-state index in [2.05, 4.69) is 4.72 Å². The molecule has 0 aliphatic heterocycles. The maximum atomic E-state index is 13.2. The minimum Gasteiger partial charge on any atom is -0.338 e. The van der Waals surface area contributed by atoms with E-state index in [1.807, 2.05) is 6.07 Å². The molecule has 2 aromatic rings. The lowest BCUT2D eigenvalue weighted by molar-refractivity contribution is 0.0746. The molecule has 2 rings (SSSR count). The van der Waals surface area contributed by atoms with Crippen LogP contribution in [0.4, 0.5) is 10.1 Å². The smallest absolute Gasteiger partial charge is 0.261 e. The summed E-state index contributed by atoms with van der Waals surface area (Å²) in [7, 11) is -2.36. The van der Waals surface area contributed by atoms with Gasteiger partial charge in [-0.25, -0.2) is 12.8 Å². The lowest BCUT2D eigenvalue weighted by Crippen LogP contribution is -2.34. The van der Waals surface area contributed by atoms with Gasteiger partial charge in [-0.15, -0.1) is 0 Å². The fraction of sp³-hybridized carbons (Fsp3) is 0.222. The van der Waals surface area contributed by atoms with Crippen molar-refractivity contribution in [1.29, 1.82) is 5.26 Å². The number of nitrogens with one attached hydrogen (secondary N) is 1. The zero-order valence-corrected chi connectivity index (χ0v) is 16.2. The highest BCUT2D eigenvalue weighted by Crippen LogP contribution is 2.22. The molecule has 1 amide bonds. The number of benzene rings is 2. The predicted molar refractivity (Wildman–Crippen MR) is 100 cm³/mol. The minimum atomic E-state index is -3.96. The molecule has 0 saturated heterocycles. The molecule has 0 aromatic heterocycles. The van der Waals surface area contributed by atoms with E-state index in [9.17, 15) is 17.6 Å². The van der Waals surface area contributed by atoms with Crippen molar-refractivity contribution in [3.63, 3.8) is 0 Å². The van der Waals surface area contributed by atoms with Crippen molar-refractivity contribution >= 4 is 33.2 Å². The summed E-state index contributed by atoms with van der Waals surface area (Å²) >= 11 is 5.63. The molecule has 0 saturated carbocycles. The third kappa shape index (κ3) is 4.96. The molecular formula is C18H17ClFN3O3S. The third-order valence-corrected chi connectivity index (χ3v) is 5.62. The van der Waals surface area contributed by atoms with Gasteiger partial charge in [0.15, 0.2) is 0 Å². The van der Waals surface area contributed by atoms with Gasteiger partial charge in [0.05, 0.1) is 22.4 Å². The van der Waals surface area contributed by atoms with E-state index in [0.29, 0.717) is 5.56 Å². The van der Waals surface area contributed by atoms with Crippen molar-refractivity contribution in [2.24, 2.45) is 0 Å². The van der Waals surface area contributed by atoms with Gasteiger partial charge >= 0.3 is 0 Å². The lowest BCUT2D eigenvalue weighted by atomic mass is 10.1. The molecular weight excluding hydrogens is 393 g/mol. The summed E-state index contributed by atoms with van der Waals surface area (Å²) < 4.78 is 40.3. The number of hydrogen-bond donors (Lipinski definition) is 1. The van der Waals surface area contributed by atoms with Gasteiger partial charge in [-0.3, -0.25) is 9.52 Å². The summed E-state index contributed by atoms with van der Waals surface area (Å²) in [5.41, 5.74) is 0.592. The minimum absolute atomic E-state index is 0.181. The highest BCUT2D eigenvalue weighted by Gasteiger charge is 2.19. The van der Waals surface area contributed by atoms with E-state index in [0.717, 1.165) is 18.2 Å².